The number of pyridine rings is 1. The van der Waals surface area contributed by atoms with E-state index in [0.717, 1.165) is 52.9 Å². The number of hydrogen-bond donors (Lipinski definition) is 1. The molecule has 28 heavy (non-hydrogen) atoms. The van der Waals surface area contributed by atoms with E-state index < -0.39 is 5.97 Å². The molecule has 0 bridgehead atoms. The van der Waals surface area contributed by atoms with Gasteiger partial charge in [-0.2, -0.15) is 0 Å². The van der Waals surface area contributed by atoms with Gasteiger partial charge >= 0.3 is 5.97 Å². The number of thiophene rings is 1. The number of carbonyl (C=O) groups is 1. The first-order valence-electron chi connectivity index (χ1n) is 9.26. The lowest BCUT2D eigenvalue weighted by Crippen LogP contribution is -2.33. The molecule has 4 rings (SSSR count). The summed E-state index contributed by atoms with van der Waals surface area (Å²) in [6.07, 6.45) is 3.55. The molecule has 0 spiro atoms. The molecular formula is C21H20BrN3O2S. The summed E-state index contributed by atoms with van der Waals surface area (Å²) in [5.74, 6) is -0.0859. The van der Waals surface area contributed by atoms with E-state index in [1.165, 1.54) is 17.8 Å². The van der Waals surface area contributed by atoms with Gasteiger partial charge in [-0.05, 0) is 50.5 Å². The van der Waals surface area contributed by atoms with Gasteiger partial charge in [0.15, 0.2) is 0 Å². The van der Waals surface area contributed by atoms with E-state index in [2.05, 4.69) is 20.8 Å². The Morgan fingerprint density at radius 2 is 1.86 bits per heavy atom. The maximum Gasteiger partial charge on any atom is 0.348 e. The largest absolute Gasteiger partial charge is 0.477 e. The first-order valence-corrected chi connectivity index (χ1v) is 10.9. The molecule has 1 N–H and O–H groups in total. The number of likely N-dealkylation sites (tertiary alicyclic amines) is 1. The molecule has 7 heteroatoms. The number of carboxylic acid groups (broad SMARTS) is 1. The van der Waals surface area contributed by atoms with Crippen molar-refractivity contribution in [3.63, 3.8) is 0 Å². The molecule has 1 aliphatic heterocycles. The van der Waals surface area contributed by atoms with Gasteiger partial charge in [0.1, 0.15) is 15.5 Å². The zero-order valence-electron chi connectivity index (χ0n) is 15.5. The molecule has 5 nitrogen and oxygen atoms in total. The van der Waals surface area contributed by atoms with Gasteiger partial charge in [0.2, 0.25) is 0 Å². The van der Waals surface area contributed by atoms with Gasteiger partial charge in [-0.1, -0.05) is 28.1 Å². The maximum absolute atomic E-state index is 11.8. The Kier molecular flexibility index (Phi) is 5.46. The minimum atomic E-state index is -0.960. The summed E-state index contributed by atoms with van der Waals surface area (Å²) in [4.78, 5) is 24.5. The second-order valence-corrected chi connectivity index (χ2v) is 8.76. The van der Waals surface area contributed by atoms with Crippen molar-refractivity contribution in [2.75, 3.05) is 13.1 Å². The summed E-state index contributed by atoms with van der Waals surface area (Å²) >= 11 is 4.63. The van der Waals surface area contributed by atoms with E-state index in [-0.39, 0.29) is 4.88 Å². The van der Waals surface area contributed by atoms with E-state index in [4.69, 9.17) is 9.98 Å². The van der Waals surface area contributed by atoms with Crippen LogP contribution in [-0.2, 0) is 0 Å². The first kappa shape index (κ1) is 19.1. The van der Waals surface area contributed by atoms with Crippen LogP contribution in [0.5, 0.6) is 0 Å². The standard InChI is InChI=1S/C21H20BrN3O2S/c1-13(25-11-3-2-4-12-25)23-18-16-9-10-17(14-5-7-15(22)8-6-14)24-20(16)28-19(18)21(26)27/h5-10H,2-4,11-12H2,1H3,(H,26,27). The molecular weight excluding hydrogens is 438 g/mol. The van der Waals surface area contributed by atoms with Gasteiger partial charge in [0.25, 0.3) is 0 Å². The van der Waals surface area contributed by atoms with E-state index in [1.807, 2.05) is 43.3 Å². The second kappa shape index (κ2) is 8.01. The van der Waals surface area contributed by atoms with Crippen molar-refractivity contribution < 1.29 is 9.90 Å². The number of rotatable bonds is 3. The van der Waals surface area contributed by atoms with Crippen molar-refractivity contribution in [1.29, 1.82) is 0 Å². The highest BCUT2D eigenvalue weighted by atomic mass is 79.9. The number of nitrogens with zero attached hydrogens (tertiary/aromatic N) is 3. The van der Waals surface area contributed by atoms with Gasteiger partial charge in [-0.25, -0.2) is 14.8 Å². The summed E-state index contributed by atoms with van der Waals surface area (Å²) in [5, 5.41) is 10.5. The van der Waals surface area contributed by atoms with Gasteiger partial charge in [0.05, 0.1) is 11.4 Å². The number of halogens is 1. The number of amidine groups is 1. The molecule has 2 aromatic heterocycles. The lowest BCUT2D eigenvalue weighted by Gasteiger charge is -2.28. The van der Waals surface area contributed by atoms with Crippen LogP contribution in [0.15, 0.2) is 45.9 Å². The highest BCUT2D eigenvalue weighted by Crippen LogP contribution is 2.38. The van der Waals surface area contributed by atoms with E-state index in [0.29, 0.717) is 10.5 Å². The minimum absolute atomic E-state index is 0.242. The molecule has 3 heterocycles. The third-order valence-corrected chi connectivity index (χ3v) is 6.56. The van der Waals surface area contributed by atoms with Gasteiger partial charge in [-0.3, -0.25) is 0 Å². The number of fused-ring (bicyclic) bond motifs is 1. The summed E-state index contributed by atoms with van der Waals surface area (Å²) < 4.78 is 1.01. The van der Waals surface area contributed by atoms with Crippen LogP contribution in [0.25, 0.3) is 21.5 Å². The van der Waals surface area contributed by atoms with Crippen molar-refractivity contribution >= 4 is 55.0 Å². The molecule has 3 aromatic rings. The summed E-state index contributed by atoms with van der Waals surface area (Å²) in [6, 6.07) is 11.8. The fraction of sp³-hybridized carbons (Fsp3) is 0.286. The number of piperidine rings is 1. The predicted octanol–water partition coefficient (Wildman–Crippen LogP) is 5.96. The third kappa shape index (κ3) is 3.82. The molecule has 0 amide bonds. The Labute approximate surface area is 175 Å². The van der Waals surface area contributed by atoms with E-state index >= 15 is 0 Å². The molecule has 0 saturated carbocycles. The fourth-order valence-corrected chi connectivity index (χ4v) is 4.67. The average molecular weight is 458 g/mol. The number of benzene rings is 1. The SMILES string of the molecule is CC(=Nc1c(C(=O)O)sc2nc(-c3ccc(Br)cc3)ccc12)N1CCCCC1. The normalized spacial score (nSPS) is 15.2. The Balaban J connectivity index is 1.78. The number of hydrogen-bond acceptors (Lipinski definition) is 4. The maximum atomic E-state index is 11.8. The monoisotopic (exact) mass is 457 g/mol. The zero-order chi connectivity index (χ0) is 19.7. The third-order valence-electron chi connectivity index (χ3n) is 4.95. The van der Waals surface area contributed by atoms with Crippen LogP contribution < -0.4 is 0 Å². The van der Waals surface area contributed by atoms with Crippen molar-refractivity contribution in [2.24, 2.45) is 4.99 Å². The Bertz CT molecular complexity index is 1050. The molecule has 0 radical (unpaired) electrons. The lowest BCUT2D eigenvalue weighted by atomic mass is 10.1. The fourth-order valence-electron chi connectivity index (χ4n) is 3.45. The number of aliphatic imine (C=N–C) groups is 1. The van der Waals surface area contributed by atoms with Crippen LogP contribution in [-0.4, -0.2) is 39.9 Å². The van der Waals surface area contributed by atoms with Crippen LogP contribution in [0.4, 0.5) is 5.69 Å². The summed E-state index contributed by atoms with van der Waals surface area (Å²) in [6.45, 7) is 3.92. The highest BCUT2D eigenvalue weighted by Gasteiger charge is 2.20. The zero-order valence-corrected chi connectivity index (χ0v) is 17.9. The number of carboxylic acids is 1. The van der Waals surface area contributed by atoms with Crippen molar-refractivity contribution in [3.05, 3.63) is 45.7 Å². The minimum Gasteiger partial charge on any atom is -0.477 e. The molecule has 1 saturated heterocycles. The molecule has 0 atom stereocenters. The number of aromatic carboxylic acids is 1. The molecule has 1 aromatic carbocycles. The van der Waals surface area contributed by atoms with Crippen molar-refractivity contribution in [2.45, 2.75) is 26.2 Å². The Morgan fingerprint density at radius 1 is 1.14 bits per heavy atom. The second-order valence-electron chi connectivity index (χ2n) is 6.85. The average Bonchev–Trinajstić information content (AvgIpc) is 3.07. The predicted molar refractivity (Wildman–Crippen MR) is 118 cm³/mol. The van der Waals surface area contributed by atoms with Crippen LogP contribution in [0, 0.1) is 0 Å². The van der Waals surface area contributed by atoms with Crippen LogP contribution in [0.1, 0.15) is 35.9 Å². The van der Waals surface area contributed by atoms with Gasteiger partial charge < -0.3 is 10.0 Å². The van der Waals surface area contributed by atoms with Crippen LogP contribution in [0.2, 0.25) is 0 Å². The van der Waals surface area contributed by atoms with Crippen LogP contribution in [0.3, 0.4) is 0 Å². The van der Waals surface area contributed by atoms with Crippen molar-refractivity contribution in [1.82, 2.24) is 9.88 Å². The molecule has 1 fully saturated rings. The van der Waals surface area contributed by atoms with E-state index in [1.54, 1.807) is 0 Å². The quantitative estimate of drug-likeness (QED) is 0.389. The highest BCUT2D eigenvalue weighted by molar-refractivity contribution is 9.10. The van der Waals surface area contributed by atoms with E-state index in [9.17, 15) is 9.90 Å². The summed E-state index contributed by atoms with van der Waals surface area (Å²) in [7, 11) is 0. The first-order chi connectivity index (χ1) is 13.5. The topological polar surface area (TPSA) is 65.8 Å². The van der Waals surface area contributed by atoms with Crippen molar-refractivity contribution in [3.8, 4) is 11.3 Å². The Hall–Kier alpha value is -2.25. The van der Waals surface area contributed by atoms with Crippen LogP contribution >= 0.6 is 27.3 Å². The molecule has 0 unspecified atom stereocenters. The van der Waals surface area contributed by atoms with Gasteiger partial charge in [-0.15, -0.1) is 11.3 Å². The summed E-state index contributed by atoms with van der Waals surface area (Å²) in [5.41, 5.74) is 2.33. The molecule has 144 valence electrons. The lowest BCUT2D eigenvalue weighted by molar-refractivity contribution is 0.0703. The van der Waals surface area contributed by atoms with Gasteiger partial charge in [0, 0.05) is 28.5 Å². The smallest absolute Gasteiger partial charge is 0.348 e. The molecule has 1 aliphatic rings. The molecule has 0 aliphatic carbocycles. The Morgan fingerprint density at radius 3 is 2.54 bits per heavy atom. The number of aromatic nitrogens is 1.